The summed E-state index contributed by atoms with van der Waals surface area (Å²) in [5.41, 5.74) is 1.59. The maximum atomic E-state index is 11.3. The Kier molecular flexibility index (Phi) is 3.44. The van der Waals surface area contributed by atoms with E-state index in [-0.39, 0.29) is 5.69 Å². The van der Waals surface area contributed by atoms with E-state index < -0.39 is 11.2 Å². The van der Waals surface area contributed by atoms with Gasteiger partial charge in [-0.3, -0.25) is 10.1 Å². The molecule has 110 valence electrons. The molecule has 0 bridgehead atoms. The van der Waals surface area contributed by atoms with Crippen molar-refractivity contribution in [2.24, 2.45) is 0 Å². The van der Waals surface area contributed by atoms with Crippen LogP contribution in [-0.2, 0) is 0 Å². The van der Waals surface area contributed by atoms with Crippen LogP contribution in [0.15, 0.2) is 55.1 Å². The van der Waals surface area contributed by atoms with Gasteiger partial charge in [0, 0.05) is 11.5 Å². The van der Waals surface area contributed by atoms with Gasteiger partial charge in [-0.05, 0) is 18.2 Å². The third-order valence-corrected chi connectivity index (χ3v) is 3.40. The number of rotatable bonds is 4. The number of hydrogen-bond donors (Lipinski definition) is 2. The molecule has 0 saturated heterocycles. The van der Waals surface area contributed by atoms with Crippen molar-refractivity contribution in [3.05, 3.63) is 65.2 Å². The van der Waals surface area contributed by atoms with E-state index in [1.807, 2.05) is 18.2 Å². The van der Waals surface area contributed by atoms with Crippen LogP contribution in [0.1, 0.15) is 0 Å². The average Bonchev–Trinajstić information content (AvgIpc) is 2.53. The Morgan fingerprint density at radius 3 is 2.68 bits per heavy atom. The van der Waals surface area contributed by atoms with Crippen LogP contribution < -0.4 is 5.32 Å². The van der Waals surface area contributed by atoms with Crippen LogP contribution in [0.5, 0.6) is 0 Å². The highest BCUT2D eigenvalue weighted by molar-refractivity contribution is 6.11. The van der Waals surface area contributed by atoms with Crippen molar-refractivity contribution in [3.8, 4) is 0 Å². The van der Waals surface area contributed by atoms with E-state index in [0.29, 0.717) is 27.5 Å². The summed E-state index contributed by atoms with van der Waals surface area (Å²) in [7, 11) is 0. The first kappa shape index (κ1) is 14.0. The summed E-state index contributed by atoms with van der Waals surface area (Å²) < 4.78 is 0. The van der Waals surface area contributed by atoms with Gasteiger partial charge in [0.1, 0.15) is 11.6 Å². The Hall–Kier alpha value is -2.99. The highest BCUT2D eigenvalue weighted by Crippen LogP contribution is 2.36. The van der Waals surface area contributed by atoms with Gasteiger partial charge in [-0.15, -0.1) is 0 Å². The minimum absolute atomic E-state index is 0.0606. The summed E-state index contributed by atoms with van der Waals surface area (Å²) in [6.07, 6.45) is 0.296. The monoisotopic (exact) mass is 295 g/mol. The lowest BCUT2D eigenvalue weighted by Crippen LogP contribution is -2.16. The van der Waals surface area contributed by atoms with Gasteiger partial charge in [0.05, 0.1) is 21.6 Å². The number of benzene rings is 2. The molecule has 3 aromatic rings. The molecular formula is C16H13N3O3. The Morgan fingerprint density at radius 1 is 1.23 bits per heavy atom. The molecule has 0 radical (unpaired) electrons. The van der Waals surface area contributed by atoms with Crippen molar-refractivity contribution in [1.29, 1.82) is 0 Å². The van der Waals surface area contributed by atoms with Crippen LogP contribution in [0.25, 0.3) is 21.8 Å². The molecule has 0 amide bonds. The fraction of sp³-hybridized carbons (Fsp3) is 0.0625. The third-order valence-electron chi connectivity index (χ3n) is 3.40. The van der Waals surface area contributed by atoms with Gasteiger partial charge in [0.2, 0.25) is 0 Å². The van der Waals surface area contributed by atoms with Crippen LogP contribution >= 0.6 is 0 Å². The topological polar surface area (TPSA) is 88.3 Å². The predicted molar refractivity (Wildman–Crippen MR) is 85.7 cm³/mol. The maximum Gasteiger partial charge on any atom is 0.280 e. The highest BCUT2D eigenvalue weighted by atomic mass is 16.6. The number of nitrogens with zero attached hydrogens (tertiary/aromatic N) is 2. The van der Waals surface area contributed by atoms with Gasteiger partial charge in [-0.2, -0.15) is 0 Å². The van der Waals surface area contributed by atoms with E-state index in [0.717, 1.165) is 0 Å². The number of aromatic nitrogens is 1. The van der Waals surface area contributed by atoms with E-state index in [1.54, 1.807) is 18.2 Å². The molecule has 2 N–H and O–H groups in total. The van der Waals surface area contributed by atoms with Crippen molar-refractivity contribution in [2.45, 2.75) is 6.23 Å². The number of anilines is 1. The predicted octanol–water partition coefficient (Wildman–Crippen LogP) is 3.21. The van der Waals surface area contributed by atoms with Gasteiger partial charge < -0.3 is 10.4 Å². The van der Waals surface area contributed by atoms with Crippen LogP contribution in [0.4, 0.5) is 11.4 Å². The molecule has 1 heterocycles. The van der Waals surface area contributed by atoms with E-state index in [2.05, 4.69) is 16.9 Å². The number of nitrogens with one attached hydrogen (secondary N) is 1. The van der Waals surface area contributed by atoms with Gasteiger partial charge >= 0.3 is 0 Å². The number of pyridine rings is 1. The number of nitro benzene ring substituents is 1. The third kappa shape index (κ3) is 2.25. The zero-order chi connectivity index (χ0) is 15.7. The smallest absolute Gasteiger partial charge is 0.280 e. The van der Waals surface area contributed by atoms with Gasteiger partial charge in [-0.1, -0.05) is 30.8 Å². The van der Waals surface area contributed by atoms with Crippen LogP contribution in [0, 0.1) is 10.1 Å². The van der Waals surface area contributed by atoms with Crippen molar-refractivity contribution in [3.63, 3.8) is 0 Å². The van der Waals surface area contributed by atoms with Crippen molar-refractivity contribution >= 4 is 33.2 Å². The second-order valence-corrected chi connectivity index (χ2v) is 4.76. The summed E-state index contributed by atoms with van der Waals surface area (Å²) in [5, 5.41) is 25.1. The summed E-state index contributed by atoms with van der Waals surface area (Å²) in [6, 6.07) is 12.0. The number of non-ortho nitro benzene ring substituents is 1. The van der Waals surface area contributed by atoms with E-state index >= 15 is 0 Å². The molecule has 0 aliphatic carbocycles. The summed E-state index contributed by atoms with van der Waals surface area (Å²) in [4.78, 5) is 15.3. The first-order valence-corrected chi connectivity index (χ1v) is 6.65. The molecule has 0 spiro atoms. The maximum absolute atomic E-state index is 11.3. The van der Waals surface area contributed by atoms with Gasteiger partial charge in [0.25, 0.3) is 5.69 Å². The summed E-state index contributed by atoms with van der Waals surface area (Å²) in [5.74, 6) is 0. The minimum Gasteiger partial charge on any atom is -0.370 e. The van der Waals surface area contributed by atoms with Crippen molar-refractivity contribution in [1.82, 2.24) is 4.98 Å². The number of para-hydroxylation sites is 1. The fourth-order valence-corrected chi connectivity index (χ4v) is 2.43. The minimum atomic E-state index is -1.02. The molecule has 1 atom stereocenters. The number of hydrogen-bond acceptors (Lipinski definition) is 5. The average molecular weight is 295 g/mol. The first-order valence-electron chi connectivity index (χ1n) is 6.65. The summed E-state index contributed by atoms with van der Waals surface area (Å²) in [6.45, 7) is 3.51. The number of nitro groups is 1. The lowest BCUT2D eigenvalue weighted by molar-refractivity contribution is -0.383. The Labute approximate surface area is 125 Å². The summed E-state index contributed by atoms with van der Waals surface area (Å²) >= 11 is 0. The molecule has 6 nitrogen and oxygen atoms in total. The number of aliphatic hydroxyl groups excluding tert-OH is 1. The lowest BCUT2D eigenvalue weighted by atomic mass is 10.1. The molecule has 0 fully saturated rings. The molecule has 22 heavy (non-hydrogen) atoms. The van der Waals surface area contributed by atoms with Crippen LogP contribution in [0.2, 0.25) is 0 Å². The zero-order valence-corrected chi connectivity index (χ0v) is 11.6. The van der Waals surface area contributed by atoms with Gasteiger partial charge in [0.15, 0.2) is 0 Å². The lowest BCUT2D eigenvalue weighted by Gasteiger charge is -2.15. The second kappa shape index (κ2) is 5.42. The Balaban J connectivity index is 2.45. The molecule has 3 rings (SSSR count). The Morgan fingerprint density at radius 2 is 1.95 bits per heavy atom. The molecule has 0 aliphatic rings. The standard InChI is InChI=1S/C16H13N3O3/c1-2-14(20)18-16-10-6-3-4-7-11(10)17-12-8-5-9-13(15(12)16)19(21)22/h2-9,14,20H,1H2,(H,17,18). The molecular weight excluding hydrogens is 282 g/mol. The zero-order valence-electron chi connectivity index (χ0n) is 11.6. The molecule has 2 aromatic carbocycles. The van der Waals surface area contributed by atoms with Crippen molar-refractivity contribution < 1.29 is 10.0 Å². The number of aliphatic hydroxyl groups is 1. The fourth-order valence-electron chi connectivity index (χ4n) is 2.43. The second-order valence-electron chi connectivity index (χ2n) is 4.76. The molecule has 1 aromatic heterocycles. The molecule has 0 saturated carbocycles. The molecule has 6 heteroatoms. The molecule has 0 aliphatic heterocycles. The van der Waals surface area contributed by atoms with Crippen LogP contribution in [0.3, 0.4) is 0 Å². The van der Waals surface area contributed by atoms with E-state index in [1.165, 1.54) is 12.1 Å². The SMILES string of the molecule is C=CC(O)Nc1c2ccccc2nc2cccc([N+](=O)[O-])c12. The largest absolute Gasteiger partial charge is 0.370 e. The van der Waals surface area contributed by atoms with Gasteiger partial charge in [-0.25, -0.2) is 4.98 Å². The van der Waals surface area contributed by atoms with Crippen molar-refractivity contribution in [2.75, 3.05) is 5.32 Å². The first-order chi connectivity index (χ1) is 10.6. The van der Waals surface area contributed by atoms with Crippen LogP contribution in [-0.4, -0.2) is 21.2 Å². The van der Waals surface area contributed by atoms with E-state index in [9.17, 15) is 15.2 Å². The highest BCUT2D eigenvalue weighted by Gasteiger charge is 2.19. The van der Waals surface area contributed by atoms with E-state index in [4.69, 9.17) is 0 Å². The molecule has 1 unspecified atom stereocenters. The number of fused-ring (bicyclic) bond motifs is 2. The quantitative estimate of drug-likeness (QED) is 0.254. The normalized spacial score (nSPS) is 12.2. The Bertz CT molecular complexity index is 892.